The molecular weight excluding hydrogens is 280 g/mol. The van der Waals surface area contributed by atoms with Crippen LogP contribution in [0.4, 0.5) is 0 Å². The molecule has 0 aromatic carbocycles. The molecule has 1 heterocycles. The summed E-state index contributed by atoms with van der Waals surface area (Å²) in [5.41, 5.74) is 1.30. The van der Waals surface area contributed by atoms with Crippen LogP contribution in [0.2, 0.25) is 0 Å². The molecule has 0 fully saturated rings. The van der Waals surface area contributed by atoms with Crippen molar-refractivity contribution in [2.75, 3.05) is 27.7 Å². The van der Waals surface area contributed by atoms with E-state index >= 15 is 0 Å². The van der Waals surface area contributed by atoms with Gasteiger partial charge in [-0.2, -0.15) is 11.3 Å². The molecule has 0 aliphatic rings. The SMILES string of the molecule is CCC(CC)C(CNC(=NC)NCc1ccsc1)N(C)C. The quantitative estimate of drug-likeness (QED) is 0.573. The van der Waals surface area contributed by atoms with Crippen molar-refractivity contribution in [3.8, 4) is 0 Å². The second-order valence-electron chi connectivity index (χ2n) is 5.55. The first-order valence-corrected chi connectivity index (χ1v) is 8.68. The van der Waals surface area contributed by atoms with Crippen LogP contribution in [0.5, 0.6) is 0 Å². The Balaban J connectivity index is 2.48. The highest BCUT2D eigenvalue weighted by Crippen LogP contribution is 2.16. The van der Waals surface area contributed by atoms with Gasteiger partial charge in [-0.15, -0.1) is 0 Å². The standard InChI is InChI=1S/C16H30N4S/c1-6-14(7-2)15(20(4)5)11-19-16(17-3)18-10-13-8-9-21-12-13/h8-9,12,14-15H,6-7,10-11H2,1-5H3,(H2,17,18,19). The predicted molar refractivity (Wildman–Crippen MR) is 94.1 cm³/mol. The Hall–Kier alpha value is -1.07. The first-order chi connectivity index (χ1) is 10.1. The lowest BCUT2D eigenvalue weighted by Gasteiger charge is -2.32. The molecule has 0 saturated heterocycles. The van der Waals surface area contributed by atoms with Crippen LogP contribution in [0, 0.1) is 5.92 Å². The van der Waals surface area contributed by atoms with Gasteiger partial charge in [-0.25, -0.2) is 0 Å². The van der Waals surface area contributed by atoms with E-state index in [9.17, 15) is 0 Å². The normalized spacial score (nSPS) is 13.8. The molecule has 4 nitrogen and oxygen atoms in total. The molecule has 1 unspecified atom stereocenters. The van der Waals surface area contributed by atoms with Crippen molar-refractivity contribution in [1.82, 2.24) is 15.5 Å². The Bertz CT molecular complexity index is 396. The van der Waals surface area contributed by atoms with E-state index < -0.39 is 0 Å². The van der Waals surface area contributed by atoms with Crippen LogP contribution < -0.4 is 10.6 Å². The maximum atomic E-state index is 4.31. The highest BCUT2D eigenvalue weighted by Gasteiger charge is 2.20. The zero-order valence-electron chi connectivity index (χ0n) is 14.0. The van der Waals surface area contributed by atoms with Gasteiger partial charge in [0.2, 0.25) is 0 Å². The Morgan fingerprint density at radius 1 is 1.29 bits per heavy atom. The largest absolute Gasteiger partial charge is 0.355 e. The van der Waals surface area contributed by atoms with E-state index in [4.69, 9.17) is 0 Å². The van der Waals surface area contributed by atoms with E-state index in [1.54, 1.807) is 11.3 Å². The third-order valence-electron chi connectivity index (χ3n) is 4.00. The average molecular weight is 311 g/mol. The van der Waals surface area contributed by atoms with E-state index in [0.29, 0.717) is 12.0 Å². The van der Waals surface area contributed by atoms with Gasteiger partial charge < -0.3 is 15.5 Å². The fourth-order valence-corrected chi connectivity index (χ4v) is 3.27. The third kappa shape index (κ3) is 6.06. The summed E-state index contributed by atoms with van der Waals surface area (Å²) in [6.07, 6.45) is 2.42. The monoisotopic (exact) mass is 310 g/mol. The number of hydrogen-bond donors (Lipinski definition) is 2. The second-order valence-corrected chi connectivity index (χ2v) is 6.33. The topological polar surface area (TPSA) is 39.7 Å². The maximum Gasteiger partial charge on any atom is 0.191 e. The second kappa shape index (κ2) is 9.79. The molecule has 21 heavy (non-hydrogen) atoms. The zero-order valence-corrected chi connectivity index (χ0v) is 14.8. The Morgan fingerprint density at radius 3 is 2.48 bits per heavy atom. The van der Waals surface area contributed by atoms with Crippen molar-refractivity contribution in [3.63, 3.8) is 0 Å². The van der Waals surface area contributed by atoms with Gasteiger partial charge in [0, 0.05) is 26.2 Å². The van der Waals surface area contributed by atoms with Gasteiger partial charge in [0.15, 0.2) is 5.96 Å². The van der Waals surface area contributed by atoms with Crippen LogP contribution in [0.15, 0.2) is 21.8 Å². The zero-order chi connectivity index (χ0) is 15.7. The number of guanidine groups is 1. The fraction of sp³-hybridized carbons (Fsp3) is 0.688. The molecule has 1 aromatic rings. The van der Waals surface area contributed by atoms with Gasteiger partial charge in [0.05, 0.1) is 0 Å². The molecule has 2 N–H and O–H groups in total. The summed E-state index contributed by atoms with van der Waals surface area (Å²) in [7, 11) is 6.14. The van der Waals surface area contributed by atoms with E-state index in [0.717, 1.165) is 19.0 Å². The number of rotatable bonds is 8. The molecule has 0 spiro atoms. The summed E-state index contributed by atoms with van der Waals surface area (Å²) in [6, 6.07) is 2.66. The van der Waals surface area contributed by atoms with Crippen LogP contribution in [0.25, 0.3) is 0 Å². The predicted octanol–water partition coefficient (Wildman–Crippen LogP) is 2.78. The third-order valence-corrected chi connectivity index (χ3v) is 4.73. The molecule has 1 atom stereocenters. The molecule has 0 saturated carbocycles. The van der Waals surface area contributed by atoms with Gasteiger partial charge in [-0.1, -0.05) is 26.7 Å². The molecule has 0 aliphatic carbocycles. The number of nitrogens with zero attached hydrogens (tertiary/aromatic N) is 2. The molecule has 0 bridgehead atoms. The smallest absolute Gasteiger partial charge is 0.191 e. The van der Waals surface area contributed by atoms with E-state index in [2.05, 4.69) is 65.3 Å². The minimum Gasteiger partial charge on any atom is -0.355 e. The lowest BCUT2D eigenvalue weighted by molar-refractivity contribution is 0.200. The van der Waals surface area contributed by atoms with E-state index in [1.807, 2.05) is 7.05 Å². The fourth-order valence-electron chi connectivity index (χ4n) is 2.60. The minimum absolute atomic E-state index is 0.527. The van der Waals surface area contributed by atoms with Crippen LogP contribution in [-0.2, 0) is 6.54 Å². The van der Waals surface area contributed by atoms with Gasteiger partial charge >= 0.3 is 0 Å². The molecule has 120 valence electrons. The van der Waals surface area contributed by atoms with E-state index in [-0.39, 0.29) is 0 Å². The number of likely N-dealkylation sites (N-methyl/N-ethyl adjacent to an activating group) is 1. The molecule has 0 aliphatic heterocycles. The summed E-state index contributed by atoms with van der Waals surface area (Å²) < 4.78 is 0. The van der Waals surface area contributed by atoms with E-state index in [1.165, 1.54) is 18.4 Å². The van der Waals surface area contributed by atoms with Gasteiger partial charge in [-0.3, -0.25) is 4.99 Å². The summed E-state index contributed by atoms with van der Waals surface area (Å²) in [5.74, 6) is 1.58. The van der Waals surface area contributed by atoms with Crippen molar-refractivity contribution < 1.29 is 0 Å². The first-order valence-electron chi connectivity index (χ1n) is 7.74. The van der Waals surface area contributed by atoms with Crippen LogP contribution >= 0.6 is 11.3 Å². The molecule has 1 aromatic heterocycles. The first kappa shape index (κ1) is 18.0. The van der Waals surface area contributed by atoms with Gasteiger partial charge in [0.1, 0.15) is 0 Å². The van der Waals surface area contributed by atoms with Crippen LogP contribution in [0.1, 0.15) is 32.3 Å². The maximum absolute atomic E-state index is 4.31. The Kier molecular flexibility index (Phi) is 8.38. The number of aliphatic imine (C=N–C) groups is 1. The van der Waals surface area contributed by atoms with Gasteiger partial charge in [0.25, 0.3) is 0 Å². The Labute approximate surface area is 133 Å². The van der Waals surface area contributed by atoms with Crippen molar-refractivity contribution >= 4 is 17.3 Å². The minimum atomic E-state index is 0.527. The van der Waals surface area contributed by atoms with Crippen LogP contribution in [0.3, 0.4) is 0 Å². The molecule has 0 radical (unpaired) electrons. The highest BCUT2D eigenvalue weighted by atomic mass is 32.1. The molecule has 0 amide bonds. The van der Waals surface area contributed by atoms with Crippen molar-refractivity contribution in [2.24, 2.45) is 10.9 Å². The van der Waals surface area contributed by atoms with Crippen molar-refractivity contribution in [1.29, 1.82) is 0 Å². The van der Waals surface area contributed by atoms with Crippen LogP contribution in [-0.4, -0.2) is 44.6 Å². The number of nitrogens with one attached hydrogen (secondary N) is 2. The highest BCUT2D eigenvalue weighted by molar-refractivity contribution is 7.07. The summed E-state index contributed by atoms with van der Waals surface area (Å²) in [5, 5.41) is 11.1. The number of hydrogen-bond acceptors (Lipinski definition) is 3. The summed E-state index contributed by atoms with van der Waals surface area (Å²) >= 11 is 1.72. The Morgan fingerprint density at radius 2 is 2.00 bits per heavy atom. The summed E-state index contributed by atoms with van der Waals surface area (Å²) in [4.78, 5) is 6.63. The lowest BCUT2D eigenvalue weighted by Crippen LogP contribution is -2.47. The number of thiophene rings is 1. The van der Waals surface area contributed by atoms with Crippen molar-refractivity contribution in [2.45, 2.75) is 39.3 Å². The van der Waals surface area contributed by atoms with Gasteiger partial charge in [-0.05, 0) is 42.4 Å². The lowest BCUT2D eigenvalue weighted by atomic mass is 9.93. The van der Waals surface area contributed by atoms with Crippen molar-refractivity contribution in [3.05, 3.63) is 22.4 Å². The molecular formula is C16H30N4S. The summed E-state index contributed by atoms with van der Waals surface area (Å²) in [6.45, 7) is 6.28. The molecule has 1 rings (SSSR count). The average Bonchev–Trinajstić information content (AvgIpc) is 2.99. The molecule has 5 heteroatoms.